The van der Waals surface area contributed by atoms with E-state index in [2.05, 4.69) is 15.3 Å². The van der Waals surface area contributed by atoms with Gasteiger partial charge < -0.3 is 5.32 Å². The van der Waals surface area contributed by atoms with Crippen molar-refractivity contribution in [2.45, 2.75) is 6.92 Å². The zero-order valence-corrected chi connectivity index (χ0v) is 11.0. The van der Waals surface area contributed by atoms with Crippen molar-refractivity contribution in [2.75, 3.05) is 5.32 Å². The van der Waals surface area contributed by atoms with Crippen molar-refractivity contribution in [3.8, 4) is 0 Å². The van der Waals surface area contributed by atoms with Crippen molar-refractivity contribution < 1.29 is 4.79 Å². The van der Waals surface area contributed by atoms with Gasteiger partial charge in [-0.15, -0.1) is 0 Å². The molecule has 0 aliphatic rings. The fourth-order valence-corrected chi connectivity index (χ4v) is 1.64. The van der Waals surface area contributed by atoms with Crippen LogP contribution in [-0.4, -0.2) is 15.9 Å². The highest BCUT2D eigenvalue weighted by molar-refractivity contribution is 6.41. The molecule has 0 bridgehead atoms. The number of nitrogens with one attached hydrogen (secondary N) is 1. The van der Waals surface area contributed by atoms with Gasteiger partial charge in [0.2, 0.25) is 0 Å². The normalized spacial score (nSPS) is 10.2. The number of hydrogen-bond donors (Lipinski definition) is 1. The molecule has 1 N–H and O–H groups in total. The van der Waals surface area contributed by atoms with Crippen molar-refractivity contribution in [1.29, 1.82) is 0 Å². The summed E-state index contributed by atoms with van der Waals surface area (Å²) in [6, 6.07) is 3.28. The monoisotopic (exact) mass is 281 g/mol. The van der Waals surface area contributed by atoms with Crippen molar-refractivity contribution in [2.24, 2.45) is 0 Å². The Labute approximate surface area is 114 Å². The highest BCUT2D eigenvalue weighted by atomic mass is 35.5. The Morgan fingerprint density at radius 1 is 1.22 bits per heavy atom. The Balaban J connectivity index is 2.19. The summed E-state index contributed by atoms with van der Waals surface area (Å²) in [5.41, 5.74) is 1.91. The molecule has 6 heteroatoms. The molecule has 2 rings (SSSR count). The minimum atomic E-state index is -0.312. The van der Waals surface area contributed by atoms with E-state index in [-0.39, 0.29) is 16.1 Å². The molecule has 0 aliphatic heterocycles. The van der Waals surface area contributed by atoms with Crippen LogP contribution in [0.5, 0.6) is 0 Å². The number of aryl methyl sites for hydroxylation is 1. The van der Waals surface area contributed by atoms with E-state index in [1.807, 2.05) is 13.0 Å². The quantitative estimate of drug-likeness (QED) is 0.859. The zero-order valence-electron chi connectivity index (χ0n) is 9.45. The van der Waals surface area contributed by atoms with E-state index in [0.29, 0.717) is 11.3 Å². The third-order valence-electron chi connectivity index (χ3n) is 2.19. The predicted molar refractivity (Wildman–Crippen MR) is 71.2 cm³/mol. The molecule has 0 unspecified atom stereocenters. The van der Waals surface area contributed by atoms with Crippen molar-refractivity contribution in [3.05, 3.63) is 52.0 Å². The van der Waals surface area contributed by atoms with Gasteiger partial charge in [-0.25, -0.2) is 4.98 Å². The highest BCUT2D eigenvalue weighted by Gasteiger charge is 2.09. The Hall–Kier alpha value is -1.65. The number of anilines is 1. The summed E-state index contributed by atoms with van der Waals surface area (Å²) in [6.07, 6.45) is 4.64. The summed E-state index contributed by atoms with van der Waals surface area (Å²) in [6.45, 7) is 1.89. The number of carbonyl (C=O) groups excluding carboxylic acids is 1. The van der Waals surface area contributed by atoms with Gasteiger partial charge in [-0.05, 0) is 24.6 Å². The van der Waals surface area contributed by atoms with E-state index < -0.39 is 0 Å². The molecule has 2 heterocycles. The summed E-state index contributed by atoms with van der Waals surface area (Å²) < 4.78 is 0. The topological polar surface area (TPSA) is 54.9 Å². The molecule has 18 heavy (non-hydrogen) atoms. The first-order chi connectivity index (χ1) is 8.56. The van der Waals surface area contributed by atoms with Gasteiger partial charge in [0.15, 0.2) is 0 Å². The van der Waals surface area contributed by atoms with E-state index in [1.165, 1.54) is 12.3 Å². The van der Waals surface area contributed by atoms with Crippen LogP contribution in [0.4, 0.5) is 5.69 Å². The number of halogens is 2. The maximum Gasteiger partial charge on any atom is 0.257 e. The van der Waals surface area contributed by atoms with E-state index in [4.69, 9.17) is 23.2 Å². The lowest BCUT2D eigenvalue weighted by Crippen LogP contribution is -2.12. The van der Waals surface area contributed by atoms with Gasteiger partial charge in [-0.3, -0.25) is 9.78 Å². The van der Waals surface area contributed by atoms with Gasteiger partial charge in [-0.2, -0.15) is 0 Å². The Kier molecular flexibility index (Phi) is 3.79. The number of rotatable bonds is 2. The van der Waals surface area contributed by atoms with Crippen LogP contribution in [-0.2, 0) is 0 Å². The minimum absolute atomic E-state index is 0.172. The van der Waals surface area contributed by atoms with Crippen LogP contribution >= 0.6 is 23.2 Å². The number of hydrogen-bond acceptors (Lipinski definition) is 3. The largest absolute Gasteiger partial charge is 0.321 e. The van der Waals surface area contributed by atoms with Crippen LogP contribution in [0, 0.1) is 6.92 Å². The van der Waals surface area contributed by atoms with E-state index >= 15 is 0 Å². The average molecular weight is 282 g/mol. The van der Waals surface area contributed by atoms with Crippen LogP contribution in [0.1, 0.15) is 15.9 Å². The second-order valence-electron chi connectivity index (χ2n) is 3.70. The number of aromatic nitrogens is 2. The molecule has 2 aromatic heterocycles. The van der Waals surface area contributed by atoms with Gasteiger partial charge in [0.25, 0.3) is 5.91 Å². The van der Waals surface area contributed by atoms with Crippen LogP contribution in [0.25, 0.3) is 0 Å². The van der Waals surface area contributed by atoms with Crippen molar-refractivity contribution >= 4 is 34.8 Å². The minimum Gasteiger partial charge on any atom is -0.321 e. The van der Waals surface area contributed by atoms with Crippen molar-refractivity contribution in [1.82, 2.24) is 9.97 Å². The summed E-state index contributed by atoms with van der Waals surface area (Å²) in [5, 5.41) is 3.12. The van der Waals surface area contributed by atoms with Crippen molar-refractivity contribution in [3.63, 3.8) is 0 Å². The molecule has 4 nitrogen and oxygen atoms in total. The first-order valence-corrected chi connectivity index (χ1v) is 5.86. The van der Waals surface area contributed by atoms with Crippen LogP contribution in [0.3, 0.4) is 0 Å². The molecule has 92 valence electrons. The molecule has 0 saturated carbocycles. The third-order valence-corrected chi connectivity index (χ3v) is 2.88. The lowest BCUT2D eigenvalue weighted by Gasteiger charge is -2.05. The van der Waals surface area contributed by atoms with Gasteiger partial charge in [0, 0.05) is 12.4 Å². The summed E-state index contributed by atoms with van der Waals surface area (Å²) in [5.74, 6) is -0.312. The van der Waals surface area contributed by atoms with Crippen LogP contribution in [0.2, 0.25) is 10.2 Å². The molecule has 0 fully saturated rings. The second kappa shape index (κ2) is 5.33. The van der Waals surface area contributed by atoms with Gasteiger partial charge in [-0.1, -0.05) is 23.2 Å². The average Bonchev–Trinajstić information content (AvgIpc) is 2.32. The number of nitrogens with zero attached hydrogens (tertiary/aromatic N) is 2. The summed E-state index contributed by atoms with van der Waals surface area (Å²) in [7, 11) is 0. The fourth-order valence-electron chi connectivity index (χ4n) is 1.37. The molecule has 0 saturated heterocycles. The molecule has 0 spiro atoms. The maximum atomic E-state index is 11.9. The molecule has 1 amide bonds. The standard InChI is InChI=1S/C12H9Cl2N3O/c1-7-2-9(6-15-4-7)17-12(18)8-3-10(13)11(14)16-5-8/h2-6H,1H3,(H,17,18). The Morgan fingerprint density at radius 3 is 2.67 bits per heavy atom. The first kappa shape index (κ1) is 12.8. The maximum absolute atomic E-state index is 11.9. The second-order valence-corrected chi connectivity index (χ2v) is 4.47. The van der Waals surface area contributed by atoms with E-state index in [9.17, 15) is 4.79 Å². The SMILES string of the molecule is Cc1cncc(NC(=O)c2cnc(Cl)c(Cl)c2)c1. The predicted octanol–water partition coefficient (Wildman–Crippen LogP) is 3.34. The van der Waals surface area contributed by atoms with Crippen LogP contribution < -0.4 is 5.32 Å². The Morgan fingerprint density at radius 2 is 2.00 bits per heavy atom. The number of carbonyl (C=O) groups is 1. The summed E-state index contributed by atoms with van der Waals surface area (Å²) in [4.78, 5) is 19.7. The molecule has 0 atom stereocenters. The van der Waals surface area contributed by atoms with Gasteiger partial charge in [0.05, 0.1) is 22.5 Å². The third kappa shape index (κ3) is 2.97. The highest BCUT2D eigenvalue weighted by Crippen LogP contribution is 2.20. The van der Waals surface area contributed by atoms with Gasteiger partial charge in [0.1, 0.15) is 5.15 Å². The van der Waals surface area contributed by atoms with Crippen LogP contribution in [0.15, 0.2) is 30.7 Å². The lowest BCUT2D eigenvalue weighted by atomic mass is 10.2. The molecule has 0 aliphatic carbocycles. The molecular formula is C12H9Cl2N3O. The lowest BCUT2D eigenvalue weighted by molar-refractivity contribution is 0.102. The van der Waals surface area contributed by atoms with Gasteiger partial charge >= 0.3 is 0 Å². The Bertz CT molecular complexity index is 602. The number of amides is 1. The van der Waals surface area contributed by atoms with E-state index in [0.717, 1.165) is 5.56 Å². The molecule has 0 aromatic carbocycles. The zero-order chi connectivity index (χ0) is 13.1. The molecule has 2 aromatic rings. The fraction of sp³-hybridized carbons (Fsp3) is 0.0833. The number of pyridine rings is 2. The van der Waals surface area contributed by atoms with E-state index in [1.54, 1.807) is 12.4 Å². The first-order valence-electron chi connectivity index (χ1n) is 5.10. The summed E-state index contributed by atoms with van der Waals surface area (Å²) >= 11 is 11.5. The molecule has 0 radical (unpaired) electrons. The molecular weight excluding hydrogens is 273 g/mol. The smallest absolute Gasteiger partial charge is 0.257 e.